The molecule has 27 heavy (non-hydrogen) atoms. The summed E-state index contributed by atoms with van der Waals surface area (Å²) in [5.41, 5.74) is 2.90. The van der Waals surface area contributed by atoms with Crippen LogP contribution in [-0.2, 0) is 4.74 Å². The van der Waals surface area contributed by atoms with E-state index in [9.17, 15) is 4.79 Å². The summed E-state index contributed by atoms with van der Waals surface area (Å²) in [6.07, 6.45) is 3.07. The molecule has 8 heteroatoms. The summed E-state index contributed by atoms with van der Waals surface area (Å²) in [6.45, 7) is 2.75. The van der Waals surface area contributed by atoms with Gasteiger partial charge in [0.2, 0.25) is 0 Å². The van der Waals surface area contributed by atoms with Crippen molar-refractivity contribution in [3.05, 3.63) is 65.7 Å². The molecule has 2 heterocycles. The summed E-state index contributed by atoms with van der Waals surface area (Å²) < 4.78 is 7.04. The number of rotatable bonds is 4. The Labute approximate surface area is 161 Å². The van der Waals surface area contributed by atoms with Crippen LogP contribution in [0.4, 0.5) is 11.4 Å². The van der Waals surface area contributed by atoms with Crippen molar-refractivity contribution in [2.75, 3.05) is 36.5 Å². The van der Waals surface area contributed by atoms with E-state index in [-0.39, 0.29) is 5.91 Å². The molecule has 0 atom stereocenters. The van der Waals surface area contributed by atoms with E-state index in [0.29, 0.717) is 29.5 Å². The van der Waals surface area contributed by atoms with Gasteiger partial charge in [-0.2, -0.15) is 5.10 Å². The Morgan fingerprint density at radius 3 is 2.59 bits per heavy atom. The van der Waals surface area contributed by atoms with Crippen LogP contribution in [0.2, 0.25) is 5.02 Å². The van der Waals surface area contributed by atoms with Gasteiger partial charge in [-0.25, -0.2) is 9.67 Å². The lowest BCUT2D eigenvalue weighted by molar-refractivity contribution is 0.102. The number of ether oxygens (including phenoxy) is 1. The van der Waals surface area contributed by atoms with Crippen molar-refractivity contribution in [2.45, 2.75) is 0 Å². The highest BCUT2D eigenvalue weighted by molar-refractivity contribution is 6.34. The van der Waals surface area contributed by atoms with Gasteiger partial charge < -0.3 is 15.0 Å². The SMILES string of the molecule is O=C(Nc1cccc(Cl)c1N1CCOCC1)c1ccc(-n2cncn2)cc1. The monoisotopic (exact) mass is 383 g/mol. The molecule has 138 valence electrons. The summed E-state index contributed by atoms with van der Waals surface area (Å²) in [4.78, 5) is 18.8. The Balaban J connectivity index is 1.55. The van der Waals surface area contributed by atoms with Gasteiger partial charge in [0.15, 0.2) is 0 Å². The van der Waals surface area contributed by atoms with Crippen molar-refractivity contribution in [1.29, 1.82) is 0 Å². The second-order valence-electron chi connectivity index (χ2n) is 6.08. The summed E-state index contributed by atoms with van der Waals surface area (Å²) >= 11 is 6.42. The smallest absolute Gasteiger partial charge is 0.255 e. The molecule has 0 saturated carbocycles. The number of carbonyl (C=O) groups excluding carboxylic acids is 1. The predicted octanol–water partition coefficient (Wildman–Crippen LogP) is 3.01. The number of nitrogens with zero attached hydrogens (tertiary/aromatic N) is 4. The lowest BCUT2D eigenvalue weighted by Crippen LogP contribution is -2.37. The fourth-order valence-corrected chi connectivity index (χ4v) is 3.32. The van der Waals surface area contributed by atoms with Crippen LogP contribution in [0.25, 0.3) is 5.69 Å². The Hall–Kier alpha value is -2.90. The quantitative estimate of drug-likeness (QED) is 0.749. The van der Waals surface area contributed by atoms with E-state index in [1.165, 1.54) is 6.33 Å². The minimum Gasteiger partial charge on any atom is -0.378 e. The highest BCUT2D eigenvalue weighted by Gasteiger charge is 2.19. The summed E-state index contributed by atoms with van der Waals surface area (Å²) in [6, 6.07) is 12.7. The molecule has 1 aliphatic heterocycles. The van der Waals surface area contributed by atoms with Gasteiger partial charge in [0.1, 0.15) is 12.7 Å². The molecule has 1 aromatic heterocycles. The van der Waals surface area contributed by atoms with E-state index < -0.39 is 0 Å². The number of hydrogen-bond acceptors (Lipinski definition) is 5. The van der Waals surface area contributed by atoms with Crippen LogP contribution < -0.4 is 10.2 Å². The van der Waals surface area contributed by atoms with Crippen LogP contribution in [0.3, 0.4) is 0 Å². The predicted molar refractivity (Wildman–Crippen MR) is 104 cm³/mol. The molecule has 2 aromatic carbocycles. The molecule has 0 bridgehead atoms. The zero-order chi connectivity index (χ0) is 18.6. The van der Waals surface area contributed by atoms with Crippen molar-refractivity contribution in [1.82, 2.24) is 14.8 Å². The van der Waals surface area contributed by atoms with E-state index in [2.05, 4.69) is 20.3 Å². The van der Waals surface area contributed by atoms with Gasteiger partial charge in [-0.3, -0.25) is 4.79 Å². The molecule has 1 aliphatic rings. The Bertz CT molecular complexity index is 922. The lowest BCUT2D eigenvalue weighted by atomic mass is 10.1. The molecule has 7 nitrogen and oxygen atoms in total. The molecule has 4 rings (SSSR count). The second kappa shape index (κ2) is 7.77. The first kappa shape index (κ1) is 17.5. The van der Waals surface area contributed by atoms with Gasteiger partial charge in [-0.05, 0) is 36.4 Å². The van der Waals surface area contributed by atoms with Gasteiger partial charge in [0.25, 0.3) is 5.91 Å². The third-order valence-corrected chi connectivity index (χ3v) is 4.68. The molecule has 3 aromatic rings. The number of aromatic nitrogens is 3. The minimum atomic E-state index is -0.197. The molecule has 1 N–H and O–H groups in total. The fourth-order valence-electron chi connectivity index (χ4n) is 3.03. The third-order valence-electron chi connectivity index (χ3n) is 4.38. The van der Waals surface area contributed by atoms with E-state index in [4.69, 9.17) is 16.3 Å². The highest BCUT2D eigenvalue weighted by Crippen LogP contribution is 2.34. The Morgan fingerprint density at radius 1 is 1.11 bits per heavy atom. The van der Waals surface area contributed by atoms with Crippen molar-refractivity contribution in [3.8, 4) is 5.69 Å². The number of morpholine rings is 1. The lowest BCUT2D eigenvalue weighted by Gasteiger charge is -2.31. The van der Waals surface area contributed by atoms with E-state index in [0.717, 1.165) is 24.5 Å². The number of hydrogen-bond donors (Lipinski definition) is 1. The topological polar surface area (TPSA) is 72.3 Å². The molecule has 0 spiro atoms. The largest absolute Gasteiger partial charge is 0.378 e. The van der Waals surface area contributed by atoms with Crippen LogP contribution in [0.15, 0.2) is 55.1 Å². The van der Waals surface area contributed by atoms with Crippen LogP contribution in [0.5, 0.6) is 0 Å². The molecule has 1 fully saturated rings. The Morgan fingerprint density at radius 2 is 1.89 bits per heavy atom. The van der Waals surface area contributed by atoms with Gasteiger partial charge in [0, 0.05) is 18.7 Å². The summed E-state index contributed by atoms with van der Waals surface area (Å²) in [7, 11) is 0. The van der Waals surface area contributed by atoms with Crippen molar-refractivity contribution in [2.24, 2.45) is 0 Å². The first-order chi connectivity index (χ1) is 13.2. The summed E-state index contributed by atoms with van der Waals surface area (Å²) in [5, 5.41) is 7.66. The first-order valence-corrected chi connectivity index (χ1v) is 8.98. The maximum Gasteiger partial charge on any atom is 0.255 e. The molecule has 0 radical (unpaired) electrons. The average molecular weight is 384 g/mol. The van der Waals surface area contributed by atoms with Gasteiger partial charge in [-0.1, -0.05) is 17.7 Å². The number of halogens is 1. The Kier molecular flexibility index (Phi) is 5.04. The highest BCUT2D eigenvalue weighted by atomic mass is 35.5. The summed E-state index contributed by atoms with van der Waals surface area (Å²) in [5.74, 6) is -0.197. The van der Waals surface area contributed by atoms with E-state index in [1.807, 2.05) is 30.3 Å². The maximum absolute atomic E-state index is 12.7. The fraction of sp³-hybridized carbons (Fsp3) is 0.211. The number of benzene rings is 2. The van der Waals surface area contributed by atoms with Crippen molar-refractivity contribution >= 4 is 28.9 Å². The molecular formula is C19H18ClN5O2. The van der Waals surface area contributed by atoms with Gasteiger partial charge in [-0.15, -0.1) is 0 Å². The molecule has 0 unspecified atom stereocenters. The van der Waals surface area contributed by atoms with Crippen LogP contribution in [-0.4, -0.2) is 47.0 Å². The van der Waals surface area contributed by atoms with E-state index >= 15 is 0 Å². The first-order valence-electron chi connectivity index (χ1n) is 8.60. The third kappa shape index (κ3) is 3.79. The van der Waals surface area contributed by atoms with Crippen molar-refractivity contribution < 1.29 is 9.53 Å². The van der Waals surface area contributed by atoms with Crippen LogP contribution in [0.1, 0.15) is 10.4 Å². The van der Waals surface area contributed by atoms with Gasteiger partial charge >= 0.3 is 0 Å². The van der Waals surface area contributed by atoms with Crippen LogP contribution in [0, 0.1) is 0 Å². The number of carbonyl (C=O) groups is 1. The standard InChI is InChI=1S/C19H18ClN5O2/c20-16-2-1-3-17(18(16)24-8-10-27-11-9-24)23-19(26)14-4-6-15(7-5-14)25-13-21-12-22-25/h1-7,12-13H,8-11H2,(H,23,26). The number of amides is 1. The average Bonchev–Trinajstić information content (AvgIpc) is 3.24. The minimum absolute atomic E-state index is 0.197. The zero-order valence-electron chi connectivity index (χ0n) is 14.5. The number of anilines is 2. The van der Waals surface area contributed by atoms with Crippen molar-refractivity contribution in [3.63, 3.8) is 0 Å². The van der Waals surface area contributed by atoms with Crippen LogP contribution >= 0.6 is 11.6 Å². The van der Waals surface area contributed by atoms with Gasteiger partial charge in [0.05, 0.1) is 35.3 Å². The molecular weight excluding hydrogens is 366 g/mol. The molecule has 0 aliphatic carbocycles. The number of nitrogens with one attached hydrogen (secondary N) is 1. The maximum atomic E-state index is 12.7. The normalized spacial score (nSPS) is 14.2. The zero-order valence-corrected chi connectivity index (χ0v) is 15.3. The second-order valence-corrected chi connectivity index (χ2v) is 6.48. The molecule has 1 saturated heterocycles. The van der Waals surface area contributed by atoms with E-state index in [1.54, 1.807) is 23.1 Å². The molecule has 1 amide bonds. The number of para-hydroxylation sites is 1.